The van der Waals surface area contributed by atoms with Crippen LogP contribution in [-0.4, -0.2) is 4.98 Å². The molecule has 0 aliphatic rings. The molecule has 0 bridgehead atoms. The van der Waals surface area contributed by atoms with Crippen LogP contribution in [-0.2, 0) is 4.57 Å². The molecule has 5 heteroatoms. The second kappa shape index (κ2) is 3.49. The summed E-state index contributed by atoms with van der Waals surface area (Å²) in [6.45, 7) is 0. The Morgan fingerprint density at radius 3 is 3.00 bits per heavy atom. The minimum Gasteiger partial charge on any atom is -0.406 e. The second-order valence-corrected chi connectivity index (χ2v) is 2.27. The minimum atomic E-state index is -0.401. The summed E-state index contributed by atoms with van der Waals surface area (Å²) in [7, 11) is -0.401. The van der Waals surface area contributed by atoms with Crippen LogP contribution in [0.4, 0.5) is 0 Å². The molecule has 1 aromatic heterocycles. The molecule has 1 rings (SSSR count). The Balaban J connectivity index is 2.84. The van der Waals surface area contributed by atoms with Gasteiger partial charge in [0, 0.05) is 12.3 Å². The molecule has 0 amide bonds. The first-order chi connectivity index (χ1) is 4.83. The summed E-state index contributed by atoms with van der Waals surface area (Å²) in [5, 5.41) is 0.459. The highest BCUT2D eigenvalue weighted by atomic mass is 35.5. The van der Waals surface area contributed by atoms with E-state index in [4.69, 9.17) is 11.6 Å². The lowest BCUT2D eigenvalue weighted by Gasteiger charge is -1.93. The van der Waals surface area contributed by atoms with Crippen molar-refractivity contribution in [1.82, 2.24) is 4.98 Å². The first-order valence-corrected chi connectivity index (χ1v) is 3.54. The highest BCUT2D eigenvalue weighted by Gasteiger charge is 1.93. The van der Waals surface area contributed by atoms with Crippen molar-refractivity contribution in [2.45, 2.75) is 0 Å². The van der Waals surface area contributed by atoms with Gasteiger partial charge in [0.2, 0.25) is 0 Å². The molecule has 0 spiro atoms. The normalized spacial score (nSPS) is 9.70. The maximum absolute atomic E-state index is 9.89. The van der Waals surface area contributed by atoms with Gasteiger partial charge >= 0.3 is 8.69 Å². The average molecular weight is 176 g/mol. The first-order valence-electron chi connectivity index (χ1n) is 2.43. The molecule has 0 N–H and O–H groups in total. The number of aromatic nitrogens is 1. The summed E-state index contributed by atoms with van der Waals surface area (Å²) < 4.78 is 14.4. The standard InChI is InChI=1S/C5H3ClNO2P/c6-4-1-5(9-10-8)3-7-2-4/h1-3H. The summed E-state index contributed by atoms with van der Waals surface area (Å²) >= 11 is 5.53. The van der Waals surface area contributed by atoms with E-state index in [0.29, 0.717) is 10.8 Å². The summed E-state index contributed by atoms with van der Waals surface area (Å²) in [4.78, 5) is 3.70. The zero-order valence-corrected chi connectivity index (χ0v) is 6.47. The van der Waals surface area contributed by atoms with Crippen LogP contribution in [0.5, 0.6) is 5.75 Å². The molecule has 0 saturated heterocycles. The van der Waals surface area contributed by atoms with Gasteiger partial charge in [-0.15, -0.1) is 0 Å². The fraction of sp³-hybridized carbons (Fsp3) is 0. The van der Waals surface area contributed by atoms with E-state index in [0.717, 1.165) is 0 Å². The Labute approximate surface area is 64.3 Å². The van der Waals surface area contributed by atoms with E-state index in [1.807, 2.05) is 0 Å². The van der Waals surface area contributed by atoms with Gasteiger partial charge in [0.1, 0.15) is 0 Å². The molecule has 52 valence electrons. The lowest BCUT2D eigenvalue weighted by molar-refractivity contribution is 0.524. The van der Waals surface area contributed by atoms with Gasteiger partial charge < -0.3 is 4.52 Å². The van der Waals surface area contributed by atoms with Gasteiger partial charge in [-0.05, 0) is 0 Å². The molecule has 0 atom stereocenters. The van der Waals surface area contributed by atoms with E-state index < -0.39 is 8.69 Å². The summed E-state index contributed by atoms with van der Waals surface area (Å²) in [5.74, 6) is 0.393. The molecule has 0 aliphatic carbocycles. The fourth-order valence-corrected chi connectivity index (χ4v) is 0.835. The van der Waals surface area contributed by atoms with E-state index in [1.54, 1.807) is 0 Å². The third-order valence-electron chi connectivity index (χ3n) is 0.822. The lowest BCUT2D eigenvalue weighted by atomic mass is 10.5. The van der Waals surface area contributed by atoms with Crippen molar-refractivity contribution < 1.29 is 9.09 Å². The molecule has 1 heterocycles. The van der Waals surface area contributed by atoms with Gasteiger partial charge in [0.15, 0.2) is 5.75 Å². The Morgan fingerprint density at radius 2 is 2.40 bits per heavy atom. The van der Waals surface area contributed by atoms with Gasteiger partial charge in [-0.2, -0.15) is 0 Å². The van der Waals surface area contributed by atoms with Crippen LogP contribution in [0.1, 0.15) is 0 Å². The number of pyridine rings is 1. The van der Waals surface area contributed by atoms with Crippen molar-refractivity contribution in [1.29, 1.82) is 0 Å². The largest absolute Gasteiger partial charge is 0.406 e. The summed E-state index contributed by atoms with van der Waals surface area (Å²) in [5.41, 5.74) is 0. The number of hydrogen-bond acceptors (Lipinski definition) is 3. The SMILES string of the molecule is O=POc1cncc(Cl)c1. The molecular formula is C5H3ClNO2P. The quantitative estimate of drug-likeness (QED) is 0.648. The zero-order chi connectivity index (χ0) is 7.40. The summed E-state index contributed by atoms with van der Waals surface area (Å²) in [6, 6.07) is 1.53. The lowest BCUT2D eigenvalue weighted by Crippen LogP contribution is -1.76. The first kappa shape index (κ1) is 7.45. The third-order valence-corrected chi connectivity index (χ3v) is 1.31. The van der Waals surface area contributed by atoms with Crippen LogP contribution in [0.3, 0.4) is 0 Å². The van der Waals surface area contributed by atoms with Gasteiger partial charge in [-0.1, -0.05) is 11.6 Å². The highest BCUT2D eigenvalue weighted by molar-refractivity contribution is 7.17. The second-order valence-electron chi connectivity index (χ2n) is 1.50. The predicted molar refractivity (Wildman–Crippen MR) is 37.5 cm³/mol. The zero-order valence-electron chi connectivity index (χ0n) is 4.82. The topological polar surface area (TPSA) is 39.2 Å². The predicted octanol–water partition coefficient (Wildman–Crippen LogP) is 2.32. The van der Waals surface area contributed by atoms with E-state index in [9.17, 15) is 4.57 Å². The molecular weight excluding hydrogens is 172 g/mol. The number of nitrogens with zero attached hydrogens (tertiary/aromatic N) is 1. The van der Waals surface area contributed by atoms with Gasteiger partial charge in [-0.3, -0.25) is 4.98 Å². The molecule has 1 aromatic rings. The number of rotatable bonds is 2. The molecule has 0 fully saturated rings. The van der Waals surface area contributed by atoms with Crippen LogP contribution in [0.2, 0.25) is 5.02 Å². The van der Waals surface area contributed by atoms with Crippen molar-refractivity contribution in [3.63, 3.8) is 0 Å². The van der Waals surface area contributed by atoms with E-state index in [1.165, 1.54) is 18.5 Å². The maximum atomic E-state index is 9.89. The fourth-order valence-electron chi connectivity index (χ4n) is 0.485. The molecule has 0 unspecified atom stereocenters. The summed E-state index contributed by atoms with van der Waals surface area (Å²) in [6.07, 6.45) is 2.90. The van der Waals surface area contributed by atoms with Crippen LogP contribution in [0.15, 0.2) is 18.5 Å². The Kier molecular flexibility index (Phi) is 2.60. The number of hydrogen-bond donors (Lipinski definition) is 0. The van der Waals surface area contributed by atoms with Crippen LogP contribution in [0.25, 0.3) is 0 Å². The molecule has 3 nitrogen and oxygen atoms in total. The van der Waals surface area contributed by atoms with Crippen molar-refractivity contribution in [3.05, 3.63) is 23.5 Å². The van der Waals surface area contributed by atoms with Crippen LogP contribution < -0.4 is 4.52 Å². The molecule has 0 aliphatic heterocycles. The minimum absolute atomic E-state index is 0.393. The van der Waals surface area contributed by atoms with Crippen LogP contribution in [0, 0.1) is 0 Å². The van der Waals surface area contributed by atoms with Crippen molar-refractivity contribution in [2.75, 3.05) is 0 Å². The van der Waals surface area contributed by atoms with Crippen molar-refractivity contribution >= 4 is 20.3 Å². The number of halogens is 1. The Hall–Kier alpha value is -0.660. The Bertz CT molecular complexity index is 243. The van der Waals surface area contributed by atoms with E-state index in [2.05, 4.69) is 9.51 Å². The smallest absolute Gasteiger partial charge is 0.395 e. The van der Waals surface area contributed by atoms with Crippen molar-refractivity contribution in [3.8, 4) is 5.75 Å². The molecule has 0 saturated carbocycles. The third kappa shape index (κ3) is 1.94. The Morgan fingerprint density at radius 1 is 1.60 bits per heavy atom. The van der Waals surface area contributed by atoms with E-state index in [-0.39, 0.29) is 0 Å². The molecule has 0 aromatic carbocycles. The molecule has 10 heavy (non-hydrogen) atoms. The van der Waals surface area contributed by atoms with E-state index >= 15 is 0 Å². The average Bonchev–Trinajstić information content (AvgIpc) is 1.88. The maximum Gasteiger partial charge on any atom is 0.395 e. The molecule has 0 radical (unpaired) electrons. The van der Waals surface area contributed by atoms with Crippen molar-refractivity contribution in [2.24, 2.45) is 0 Å². The highest BCUT2D eigenvalue weighted by Crippen LogP contribution is 2.17. The monoisotopic (exact) mass is 175 g/mol. The van der Waals surface area contributed by atoms with Gasteiger partial charge in [0.05, 0.1) is 11.2 Å². The van der Waals surface area contributed by atoms with Gasteiger partial charge in [-0.25, -0.2) is 4.57 Å². The van der Waals surface area contributed by atoms with Gasteiger partial charge in [0.25, 0.3) is 0 Å². The van der Waals surface area contributed by atoms with Crippen LogP contribution >= 0.6 is 20.3 Å².